The first kappa shape index (κ1) is 24.1. The number of hydrogen-bond donors (Lipinski definition) is 2. The summed E-state index contributed by atoms with van der Waals surface area (Å²) in [6.45, 7) is 2.27. The van der Waals surface area contributed by atoms with E-state index in [-0.39, 0.29) is 40.3 Å². The van der Waals surface area contributed by atoms with Crippen LogP contribution in [0.25, 0.3) is 0 Å². The van der Waals surface area contributed by atoms with E-state index >= 15 is 0 Å². The van der Waals surface area contributed by atoms with Crippen LogP contribution in [0.4, 0.5) is 15.8 Å². The molecule has 1 heterocycles. The first-order chi connectivity index (χ1) is 15.8. The molecule has 9 nitrogen and oxygen atoms in total. The van der Waals surface area contributed by atoms with Crippen LogP contribution in [0.5, 0.6) is 5.75 Å². The topological polar surface area (TPSA) is 128 Å². The Kier molecular flexibility index (Phi) is 7.94. The predicted molar refractivity (Wildman–Crippen MR) is 121 cm³/mol. The highest BCUT2D eigenvalue weighted by Gasteiger charge is 2.25. The lowest BCUT2D eigenvalue weighted by Gasteiger charge is -2.32. The number of halogens is 1. The number of nitrogens with two attached hydrogens (primary N) is 1. The Labute approximate surface area is 190 Å². The van der Waals surface area contributed by atoms with Gasteiger partial charge in [0.25, 0.3) is 11.6 Å². The molecular weight excluding hydrogens is 431 g/mol. The van der Waals surface area contributed by atoms with Crippen molar-refractivity contribution in [2.24, 2.45) is 0 Å². The van der Waals surface area contributed by atoms with Crippen LogP contribution in [0.2, 0.25) is 0 Å². The molecular formula is C23H27FN4O5. The summed E-state index contributed by atoms with van der Waals surface area (Å²) in [4.78, 5) is 37.7. The number of piperidine rings is 1. The number of benzene rings is 2. The van der Waals surface area contributed by atoms with Crippen molar-refractivity contribution in [2.75, 3.05) is 32.5 Å². The summed E-state index contributed by atoms with van der Waals surface area (Å²) >= 11 is 0. The van der Waals surface area contributed by atoms with Crippen molar-refractivity contribution in [3.05, 3.63) is 63.5 Å². The third-order valence-electron chi connectivity index (χ3n) is 5.76. The van der Waals surface area contributed by atoms with Gasteiger partial charge in [0.1, 0.15) is 17.3 Å². The first-order valence-corrected chi connectivity index (χ1v) is 10.7. The summed E-state index contributed by atoms with van der Waals surface area (Å²) in [6, 6.07) is 7.90. The van der Waals surface area contributed by atoms with Crippen molar-refractivity contribution >= 4 is 23.1 Å². The Morgan fingerprint density at radius 3 is 2.52 bits per heavy atom. The molecule has 176 valence electrons. The summed E-state index contributed by atoms with van der Waals surface area (Å²) in [5, 5.41) is 14.1. The second-order valence-corrected chi connectivity index (χ2v) is 7.99. The predicted octanol–water partition coefficient (Wildman–Crippen LogP) is 3.18. The molecule has 1 saturated heterocycles. The quantitative estimate of drug-likeness (QED) is 0.256. The highest BCUT2D eigenvalue weighted by Crippen LogP contribution is 2.30. The fraction of sp³-hybridized carbons (Fsp3) is 0.391. The molecule has 3 N–H and O–H groups in total. The standard InChI is InChI=1S/C23H27FN4O5/c1-33-22-14-19(25)20(28(31)32)13-18(22)23(30)26-17-8-11-27(12-9-17)10-2-3-21(29)15-4-6-16(24)7-5-15/h4-7,13-14,17H,2-3,8-12,25H2,1H3,(H,26,30). The van der Waals surface area contributed by atoms with Gasteiger partial charge in [0.2, 0.25) is 0 Å². The van der Waals surface area contributed by atoms with Crippen molar-refractivity contribution in [3.8, 4) is 5.75 Å². The van der Waals surface area contributed by atoms with Gasteiger partial charge >= 0.3 is 0 Å². The Hall–Kier alpha value is -3.53. The van der Waals surface area contributed by atoms with E-state index in [4.69, 9.17) is 10.5 Å². The van der Waals surface area contributed by atoms with E-state index in [1.54, 1.807) is 0 Å². The zero-order valence-electron chi connectivity index (χ0n) is 18.4. The Morgan fingerprint density at radius 1 is 1.24 bits per heavy atom. The third kappa shape index (κ3) is 6.26. The number of anilines is 1. The fourth-order valence-corrected chi connectivity index (χ4v) is 3.90. The van der Waals surface area contributed by atoms with Crippen molar-refractivity contribution < 1.29 is 23.6 Å². The van der Waals surface area contributed by atoms with Crippen molar-refractivity contribution in [1.82, 2.24) is 10.2 Å². The number of methoxy groups -OCH3 is 1. The summed E-state index contributed by atoms with van der Waals surface area (Å²) in [5.74, 6) is -0.643. The molecule has 10 heteroatoms. The number of amides is 1. The lowest BCUT2D eigenvalue weighted by molar-refractivity contribution is -0.383. The van der Waals surface area contributed by atoms with E-state index in [0.717, 1.165) is 38.5 Å². The van der Waals surface area contributed by atoms with Gasteiger partial charge in [-0.3, -0.25) is 19.7 Å². The average Bonchev–Trinajstić information content (AvgIpc) is 2.80. The Balaban J connectivity index is 1.47. The number of nitrogens with zero attached hydrogens (tertiary/aromatic N) is 2. The van der Waals surface area contributed by atoms with Crippen LogP contribution in [0.15, 0.2) is 36.4 Å². The summed E-state index contributed by atoms with van der Waals surface area (Å²) in [5.41, 5.74) is 5.84. The molecule has 0 aliphatic carbocycles. The van der Waals surface area contributed by atoms with Gasteiger partial charge in [0.05, 0.1) is 17.6 Å². The zero-order valence-corrected chi connectivity index (χ0v) is 18.4. The van der Waals surface area contributed by atoms with Crippen LogP contribution in [0.1, 0.15) is 46.4 Å². The van der Waals surface area contributed by atoms with E-state index in [1.165, 1.54) is 37.4 Å². The molecule has 3 rings (SSSR count). The molecule has 1 aliphatic rings. The first-order valence-electron chi connectivity index (χ1n) is 10.7. The van der Waals surface area contributed by atoms with Crippen molar-refractivity contribution in [2.45, 2.75) is 31.7 Å². The Bertz CT molecular complexity index is 1020. The molecule has 2 aromatic carbocycles. The number of carbonyl (C=O) groups excluding carboxylic acids is 2. The van der Waals surface area contributed by atoms with Gasteiger partial charge in [-0.25, -0.2) is 4.39 Å². The smallest absolute Gasteiger partial charge is 0.293 e. The zero-order chi connectivity index (χ0) is 24.0. The second kappa shape index (κ2) is 10.9. The normalized spacial score (nSPS) is 14.6. The van der Waals surface area contributed by atoms with Gasteiger partial charge in [-0.2, -0.15) is 0 Å². The van der Waals surface area contributed by atoms with Gasteiger partial charge in [0, 0.05) is 43.2 Å². The minimum Gasteiger partial charge on any atom is -0.496 e. The number of carbonyl (C=O) groups is 2. The second-order valence-electron chi connectivity index (χ2n) is 7.99. The van der Waals surface area contributed by atoms with Gasteiger partial charge in [-0.05, 0) is 50.1 Å². The molecule has 0 unspecified atom stereocenters. The lowest BCUT2D eigenvalue weighted by atomic mass is 10.0. The van der Waals surface area contributed by atoms with Crippen molar-refractivity contribution in [1.29, 1.82) is 0 Å². The third-order valence-corrected chi connectivity index (χ3v) is 5.76. The molecule has 0 aromatic heterocycles. The molecule has 0 spiro atoms. The molecule has 0 bridgehead atoms. The van der Waals surface area contributed by atoms with Crippen LogP contribution in [0, 0.1) is 15.9 Å². The number of hydrogen-bond acceptors (Lipinski definition) is 7. The number of nitrogens with one attached hydrogen (secondary N) is 1. The maximum absolute atomic E-state index is 13.0. The fourth-order valence-electron chi connectivity index (χ4n) is 3.90. The molecule has 33 heavy (non-hydrogen) atoms. The van der Waals surface area contributed by atoms with E-state index < -0.39 is 10.8 Å². The van der Waals surface area contributed by atoms with Crippen LogP contribution in [-0.4, -0.2) is 54.3 Å². The summed E-state index contributed by atoms with van der Waals surface area (Å²) in [6.07, 6.45) is 2.52. The number of nitro benzene ring substituents is 1. The molecule has 1 amide bonds. The monoisotopic (exact) mass is 458 g/mol. The molecule has 0 saturated carbocycles. The van der Waals surface area contributed by atoms with Gasteiger partial charge < -0.3 is 20.7 Å². The maximum Gasteiger partial charge on any atom is 0.293 e. The van der Waals surface area contributed by atoms with Gasteiger partial charge in [0.15, 0.2) is 5.78 Å². The Morgan fingerprint density at radius 2 is 1.91 bits per heavy atom. The number of nitro groups is 1. The molecule has 0 radical (unpaired) electrons. The number of Topliss-reactive ketones (excluding diaryl/α,β-unsaturated/α-hetero) is 1. The number of likely N-dealkylation sites (tertiary alicyclic amines) is 1. The largest absolute Gasteiger partial charge is 0.496 e. The van der Waals surface area contributed by atoms with E-state index in [1.807, 2.05) is 0 Å². The minimum atomic E-state index is -0.634. The molecule has 1 aliphatic heterocycles. The van der Waals surface area contributed by atoms with Gasteiger partial charge in [-0.15, -0.1) is 0 Å². The summed E-state index contributed by atoms with van der Waals surface area (Å²) < 4.78 is 18.1. The van der Waals surface area contributed by atoms with Crippen LogP contribution < -0.4 is 15.8 Å². The van der Waals surface area contributed by atoms with E-state index in [0.29, 0.717) is 18.4 Å². The van der Waals surface area contributed by atoms with Crippen molar-refractivity contribution in [3.63, 3.8) is 0 Å². The minimum absolute atomic E-state index is 0.0105. The number of nitrogen functional groups attached to an aromatic ring is 1. The molecule has 2 aromatic rings. The maximum atomic E-state index is 13.0. The highest BCUT2D eigenvalue weighted by molar-refractivity contribution is 5.99. The van der Waals surface area contributed by atoms with Gasteiger partial charge in [-0.1, -0.05) is 0 Å². The average molecular weight is 458 g/mol. The van der Waals surface area contributed by atoms with Crippen LogP contribution in [-0.2, 0) is 0 Å². The van der Waals surface area contributed by atoms with E-state index in [9.17, 15) is 24.1 Å². The number of ketones is 1. The SMILES string of the molecule is COc1cc(N)c([N+](=O)[O-])cc1C(=O)NC1CCN(CCCC(=O)c2ccc(F)cc2)CC1. The summed E-state index contributed by atoms with van der Waals surface area (Å²) in [7, 11) is 1.37. The van der Waals surface area contributed by atoms with E-state index in [2.05, 4.69) is 10.2 Å². The molecule has 1 fully saturated rings. The number of rotatable bonds is 9. The number of ether oxygens (including phenoxy) is 1. The highest BCUT2D eigenvalue weighted by atomic mass is 19.1. The lowest BCUT2D eigenvalue weighted by Crippen LogP contribution is -2.45. The molecule has 0 atom stereocenters. The van der Waals surface area contributed by atoms with Crippen LogP contribution in [0.3, 0.4) is 0 Å². The van der Waals surface area contributed by atoms with Crippen LogP contribution >= 0.6 is 0 Å².